The SMILES string of the molecule is CNC(c1cn[nH]n1)C(C)CCOC. The summed E-state index contributed by atoms with van der Waals surface area (Å²) in [6.45, 7) is 2.95. The second kappa shape index (κ2) is 5.72. The molecule has 0 saturated heterocycles. The molecule has 0 bridgehead atoms. The molecule has 0 spiro atoms. The van der Waals surface area contributed by atoms with Gasteiger partial charge in [0.05, 0.1) is 17.9 Å². The normalized spacial score (nSPS) is 15.4. The highest BCUT2D eigenvalue weighted by Gasteiger charge is 2.19. The predicted molar refractivity (Wildman–Crippen MR) is 53.8 cm³/mol. The molecule has 0 saturated carbocycles. The van der Waals surface area contributed by atoms with E-state index in [2.05, 4.69) is 27.7 Å². The van der Waals surface area contributed by atoms with Crippen LogP contribution < -0.4 is 5.32 Å². The molecule has 0 radical (unpaired) electrons. The van der Waals surface area contributed by atoms with Crippen molar-refractivity contribution in [3.05, 3.63) is 11.9 Å². The second-order valence-electron chi connectivity index (χ2n) is 3.42. The van der Waals surface area contributed by atoms with Crippen LogP contribution in [0.4, 0.5) is 0 Å². The van der Waals surface area contributed by atoms with Crippen LogP contribution in [0.15, 0.2) is 6.20 Å². The quantitative estimate of drug-likeness (QED) is 0.707. The average Bonchev–Trinajstić information content (AvgIpc) is 2.69. The van der Waals surface area contributed by atoms with Crippen LogP contribution in [0.2, 0.25) is 0 Å². The zero-order chi connectivity index (χ0) is 10.4. The average molecular weight is 198 g/mol. The zero-order valence-electron chi connectivity index (χ0n) is 8.95. The van der Waals surface area contributed by atoms with Crippen LogP contribution >= 0.6 is 0 Å². The molecule has 0 aliphatic carbocycles. The molecule has 0 aromatic carbocycles. The van der Waals surface area contributed by atoms with Crippen molar-refractivity contribution in [2.75, 3.05) is 20.8 Å². The maximum Gasteiger partial charge on any atom is 0.0996 e. The Morgan fingerprint density at radius 3 is 2.93 bits per heavy atom. The molecule has 1 heterocycles. The summed E-state index contributed by atoms with van der Waals surface area (Å²) in [5.41, 5.74) is 0.955. The first-order valence-electron chi connectivity index (χ1n) is 4.81. The van der Waals surface area contributed by atoms with Gasteiger partial charge in [0.15, 0.2) is 0 Å². The molecule has 1 aromatic heterocycles. The van der Waals surface area contributed by atoms with Crippen molar-refractivity contribution < 1.29 is 4.74 Å². The maximum absolute atomic E-state index is 5.05. The van der Waals surface area contributed by atoms with Crippen LogP contribution in [-0.2, 0) is 4.74 Å². The van der Waals surface area contributed by atoms with E-state index in [1.807, 2.05) is 7.05 Å². The van der Waals surface area contributed by atoms with E-state index in [0.29, 0.717) is 5.92 Å². The number of aromatic nitrogens is 3. The van der Waals surface area contributed by atoms with Crippen LogP contribution in [0.1, 0.15) is 25.1 Å². The fourth-order valence-corrected chi connectivity index (χ4v) is 1.55. The van der Waals surface area contributed by atoms with Gasteiger partial charge in [-0.1, -0.05) is 6.92 Å². The van der Waals surface area contributed by atoms with E-state index in [4.69, 9.17) is 4.74 Å². The summed E-state index contributed by atoms with van der Waals surface area (Å²) in [5, 5.41) is 13.7. The van der Waals surface area contributed by atoms with Gasteiger partial charge < -0.3 is 10.1 Å². The molecule has 2 N–H and O–H groups in total. The van der Waals surface area contributed by atoms with Crippen molar-refractivity contribution in [1.82, 2.24) is 20.7 Å². The van der Waals surface area contributed by atoms with E-state index in [1.54, 1.807) is 13.3 Å². The number of nitrogens with zero attached hydrogens (tertiary/aromatic N) is 2. The summed E-state index contributed by atoms with van der Waals surface area (Å²) >= 11 is 0. The summed E-state index contributed by atoms with van der Waals surface area (Å²) in [7, 11) is 3.65. The molecule has 14 heavy (non-hydrogen) atoms. The van der Waals surface area contributed by atoms with E-state index < -0.39 is 0 Å². The lowest BCUT2D eigenvalue weighted by Crippen LogP contribution is -2.24. The number of methoxy groups -OCH3 is 1. The van der Waals surface area contributed by atoms with Crippen molar-refractivity contribution in [2.45, 2.75) is 19.4 Å². The molecule has 0 fully saturated rings. The van der Waals surface area contributed by atoms with Crippen LogP contribution in [0.25, 0.3) is 0 Å². The van der Waals surface area contributed by atoms with Crippen molar-refractivity contribution in [1.29, 1.82) is 0 Å². The van der Waals surface area contributed by atoms with Crippen molar-refractivity contribution in [2.24, 2.45) is 5.92 Å². The largest absolute Gasteiger partial charge is 0.385 e. The first-order chi connectivity index (χ1) is 6.79. The minimum atomic E-state index is 0.240. The third kappa shape index (κ3) is 2.78. The van der Waals surface area contributed by atoms with Gasteiger partial charge in [-0.15, -0.1) is 0 Å². The molecule has 2 unspecified atom stereocenters. The van der Waals surface area contributed by atoms with Crippen LogP contribution in [0.5, 0.6) is 0 Å². The van der Waals surface area contributed by atoms with E-state index in [-0.39, 0.29) is 6.04 Å². The number of ether oxygens (including phenoxy) is 1. The second-order valence-corrected chi connectivity index (χ2v) is 3.42. The molecular formula is C9H18N4O. The molecule has 80 valence electrons. The van der Waals surface area contributed by atoms with Gasteiger partial charge in [0.2, 0.25) is 0 Å². The lowest BCUT2D eigenvalue weighted by atomic mass is 9.96. The lowest BCUT2D eigenvalue weighted by molar-refractivity contribution is 0.171. The first-order valence-corrected chi connectivity index (χ1v) is 4.81. The van der Waals surface area contributed by atoms with Crippen LogP contribution in [0, 0.1) is 5.92 Å². The summed E-state index contributed by atoms with van der Waals surface area (Å²) in [5.74, 6) is 0.477. The topological polar surface area (TPSA) is 62.8 Å². The van der Waals surface area contributed by atoms with Crippen molar-refractivity contribution in [3.8, 4) is 0 Å². The number of rotatable bonds is 6. The van der Waals surface area contributed by atoms with E-state index >= 15 is 0 Å². The number of aromatic amines is 1. The minimum absolute atomic E-state index is 0.240. The van der Waals surface area contributed by atoms with E-state index in [0.717, 1.165) is 18.7 Å². The Bertz CT molecular complexity index is 237. The molecule has 1 aromatic rings. The first kappa shape index (κ1) is 11.1. The summed E-state index contributed by atoms with van der Waals surface area (Å²) in [6, 6.07) is 0.240. The molecule has 0 amide bonds. The Kier molecular flexibility index (Phi) is 4.55. The van der Waals surface area contributed by atoms with Gasteiger partial charge in [-0.3, -0.25) is 0 Å². The van der Waals surface area contributed by atoms with Crippen molar-refractivity contribution in [3.63, 3.8) is 0 Å². The fraction of sp³-hybridized carbons (Fsp3) is 0.778. The van der Waals surface area contributed by atoms with Gasteiger partial charge in [-0.2, -0.15) is 15.4 Å². The number of hydrogen-bond donors (Lipinski definition) is 2. The molecule has 0 aliphatic heterocycles. The summed E-state index contributed by atoms with van der Waals surface area (Å²) in [6.07, 6.45) is 2.76. The molecule has 0 aliphatic rings. The van der Waals surface area contributed by atoms with Gasteiger partial charge in [0.1, 0.15) is 0 Å². The minimum Gasteiger partial charge on any atom is -0.385 e. The van der Waals surface area contributed by atoms with Gasteiger partial charge in [0, 0.05) is 13.7 Å². The molecule has 2 atom stereocenters. The van der Waals surface area contributed by atoms with Gasteiger partial charge in [-0.05, 0) is 19.4 Å². The highest BCUT2D eigenvalue weighted by molar-refractivity contribution is 5.00. The smallest absolute Gasteiger partial charge is 0.0996 e. The number of hydrogen-bond acceptors (Lipinski definition) is 4. The van der Waals surface area contributed by atoms with Gasteiger partial charge in [-0.25, -0.2) is 0 Å². The zero-order valence-corrected chi connectivity index (χ0v) is 8.95. The Labute approximate surface area is 84.2 Å². The van der Waals surface area contributed by atoms with Crippen molar-refractivity contribution >= 4 is 0 Å². The molecule has 5 heteroatoms. The highest BCUT2D eigenvalue weighted by atomic mass is 16.5. The van der Waals surface area contributed by atoms with Crippen LogP contribution in [0.3, 0.4) is 0 Å². The summed E-state index contributed by atoms with van der Waals surface area (Å²) in [4.78, 5) is 0. The molecular weight excluding hydrogens is 180 g/mol. The van der Waals surface area contributed by atoms with Gasteiger partial charge >= 0.3 is 0 Å². The van der Waals surface area contributed by atoms with Gasteiger partial charge in [0.25, 0.3) is 0 Å². The number of nitrogens with one attached hydrogen (secondary N) is 2. The molecule has 1 rings (SSSR count). The summed E-state index contributed by atoms with van der Waals surface area (Å²) < 4.78 is 5.05. The maximum atomic E-state index is 5.05. The highest BCUT2D eigenvalue weighted by Crippen LogP contribution is 2.21. The Morgan fingerprint density at radius 2 is 2.43 bits per heavy atom. The fourth-order valence-electron chi connectivity index (χ4n) is 1.55. The third-order valence-electron chi connectivity index (χ3n) is 2.41. The number of H-pyrrole nitrogens is 1. The molecule has 5 nitrogen and oxygen atoms in total. The van der Waals surface area contributed by atoms with E-state index in [1.165, 1.54) is 0 Å². The predicted octanol–water partition coefficient (Wildman–Crippen LogP) is 0.738. The Balaban J connectivity index is 2.53. The van der Waals surface area contributed by atoms with E-state index in [9.17, 15) is 0 Å². The Morgan fingerprint density at radius 1 is 1.64 bits per heavy atom. The lowest BCUT2D eigenvalue weighted by Gasteiger charge is -2.20. The third-order valence-corrected chi connectivity index (χ3v) is 2.41. The van der Waals surface area contributed by atoms with Crippen LogP contribution in [-0.4, -0.2) is 36.2 Å². The monoisotopic (exact) mass is 198 g/mol. The Hall–Kier alpha value is -0.940. The standard InChI is InChI=1S/C9H18N4O/c1-7(4-5-14-3)9(10-2)8-6-11-13-12-8/h6-7,9-10H,4-5H2,1-3H3,(H,11,12,13).